The van der Waals surface area contributed by atoms with Crippen molar-refractivity contribution in [1.82, 2.24) is 14.8 Å². The summed E-state index contributed by atoms with van der Waals surface area (Å²) >= 11 is 6.14. The van der Waals surface area contributed by atoms with Crippen molar-refractivity contribution in [3.05, 3.63) is 52.3 Å². The average molecular weight is 360 g/mol. The molecule has 1 aromatic heterocycles. The second-order valence-corrected chi connectivity index (χ2v) is 7.33. The number of hydrogen-bond acceptors (Lipinski definition) is 2. The number of rotatable bonds is 4. The van der Waals surface area contributed by atoms with Crippen LogP contribution in [0.4, 0.5) is 0 Å². The topological polar surface area (TPSA) is 37.3 Å². The molecule has 0 bridgehead atoms. The van der Waals surface area contributed by atoms with Crippen LogP contribution >= 0.6 is 11.6 Å². The van der Waals surface area contributed by atoms with E-state index in [4.69, 9.17) is 11.6 Å². The molecule has 25 heavy (non-hydrogen) atoms. The minimum Gasteiger partial charge on any atom is -0.339 e. The molecule has 0 spiro atoms. The van der Waals surface area contributed by atoms with Crippen LogP contribution in [0.3, 0.4) is 0 Å². The minimum absolute atomic E-state index is 0.143. The molecule has 1 aliphatic rings. The molecule has 2 aromatic rings. The fourth-order valence-electron chi connectivity index (χ4n) is 3.79. The van der Waals surface area contributed by atoms with Gasteiger partial charge in [-0.05, 0) is 70.5 Å². The largest absolute Gasteiger partial charge is 0.339 e. The number of carbonyl (C=O) groups is 1. The van der Waals surface area contributed by atoms with Crippen LogP contribution in [0.5, 0.6) is 0 Å². The first-order chi connectivity index (χ1) is 12.0. The molecule has 4 nitrogen and oxygen atoms in total. The van der Waals surface area contributed by atoms with Gasteiger partial charge in [-0.3, -0.25) is 4.79 Å². The monoisotopic (exact) mass is 359 g/mol. The lowest BCUT2D eigenvalue weighted by molar-refractivity contribution is 0.0690. The lowest BCUT2D eigenvalue weighted by Gasteiger charge is -2.32. The first kappa shape index (κ1) is 18.0. The van der Waals surface area contributed by atoms with Crippen molar-refractivity contribution in [3.63, 3.8) is 0 Å². The number of aryl methyl sites for hydroxylation is 1. The zero-order valence-electron chi connectivity index (χ0n) is 15.2. The molecule has 1 saturated heterocycles. The van der Waals surface area contributed by atoms with E-state index in [1.165, 1.54) is 0 Å². The lowest BCUT2D eigenvalue weighted by Crippen LogP contribution is -2.40. The Hall–Kier alpha value is -1.78. The van der Waals surface area contributed by atoms with E-state index in [1.807, 2.05) is 56.1 Å². The molecular formula is C20H26ClN3O. The van der Waals surface area contributed by atoms with Crippen molar-refractivity contribution in [1.29, 1.82) is 0 Å². The van der Waals surface area contributed by atoms with Gasteiger partial charge in [-0.15, -0.1) is 0 Å². The first-order valence-corrected chi connectivity index (χ1v) is 9.27. The van der Waals surface area contributed by atoms with Crippen LogP contribution < -0.4 is 5.32 Å². The smallest absolute Gasteiger partial charge is 0.255 e. The summed E-state index contributed by atoms with van der Waals surface area (Å²) in [5, 5.41) is 3.94. The van der Waals surface area contributed by atoms with Crippen LogP contribution in [0.25, 0.3) is 5.69 Å². The molecule has 0 atom stereocenters. The van der Waals surface area contributed by atoms with E-state index < -0.39 is 0 Å². The fourth-order valence-corrected chi connectivity index (χ4v) is 3.98. The van der Waals surface area contributed by atoms with Crippen molar-refractivity contribution < 1.29 is 4.79 Å². The summed E-state index contributed by atoms with van der Waals surface area (Å²) in [7, 11) is 1.99. The van der Waals surface area contributed by atoms with Crippen LogP contribution in [0.2, 0.25) is 5.02 Å². The summed E-state index contributed by atoms with van der Waals surface area (Å²) in [6.07, 6.45) is 2.14. The van der Waals surface area contributed by atoms with Crippen LogP contribution in [-0.4, -0.2) is 42.1 Å². The van der Waals surface area contributed by atoms with Gasteiger partial charge in [-0.2, -0.15) is 0 Å². The Bertz CT molecular complexity index is 760. The number of nitrogens with zero attached hydrogens (tertiary/aromatic N) is 2. The highest BCUT2D eigenvalue weighted by Gasteiger charge is 2.26. The lowest BCUT2D eigenvalue weighted by atomic mass is 9.96. The Morgan fingerprint density at radius 2 is 1.96 bits per heavy atom. The Morgan fingerprint density at radius 3 is 2.60 bits per heavy atom. The van der Waals surface area contributed by atoms with Gasteiger partial charge in [-0.1, -0.05) is 17.7 Å². The van der Waals surface area contributed by atoms with E-state index in [-0.39, 0.29) is 5.91 Å². The number of halogens is 1. The highest BCUT2D eigenvalue weighted by molar-refractivity contribution is 6.30. The molecular weight excluding hydrogens is 334 g/mol. The van der Waals surface area contributed by atoms with Gasteiger partial charge in [0, 0.05) is 35.2 Å². The van der Waals surface area contributed by atoms with E-state index in [2.05, 4.69) is 9.88 Å². The van der Waals surface area contributed by atoms with E-state index in [0.29, 0.717) is 10.9 Å². The number of carbonyl (C=O) groups excluding carboxylic acids is 1. The zero-order valence-corrected chi connectivity index (χ0v) is 15.9. The predicted molar refractivity (Wildman–Crippen MR) is 103 cm³/mol. The quantitative estimate of drug-likeness (QED) is 0.901. The number of piperidine rings is 1. The van der Waals surface area contributed by atoms with Crippen LogP contribution in [0.15, 0.2) is 30.3 Å². The molecule has 2 heterocycles. The standard InChI is InChI=1S/C20H26ClN3O/c1-14-11-19(15(2)24(14)18-6-4-5-17(21)12-18)20(25)23-9-7-16(8-10-23)13-22-3/h4-6,11-12,16,22H,7-10,13H2,1-3H3. The highest BCUT2D eigenvalue weighted by Crippen LogP contribution is 2.25. The molecule has 134 valence electrons. The number of aromatic nitrogens is 1. The number of benzene rings is 1. The zero-order chi connectivity index (χ0) is 18.0. The normalized spacial score (nSPS) is 15.6. The number of nitrogens with one attached hydrogen (secondary N) is 1. The van der Waals surface area contributed by atoms with Gasteiger partial charge in [0.15, 0.2) is 0 Å². The van der Waals surface area contributed by atoms with Crippen molar-refractivity contribution >= 4 is 17.5 Å². The molecule has 1 amide bonds. The van der Waals surface area contributed by atoms with E-state index in [9.17, 15) is 4.79 Å². The molecule has 1 fully saturated rings. The Balaban J connectivity index is 1.82. The second-order valence-electron chi connectivity index (χ2n) is 6.89. The number of hydrogen-bond donors (Lipinski definition) is 1. The molecule has 1 aromatic carbocycles. The van der Waals surface area contributed by atoms with Gasteiger partial charge in [0.2, 0.25) is 0 Å². The first-order valence-electron chi connectivity index (χ1n) is 8.90. The van der Waals surface area contributed by atoms with Gasteiger partial charge in [0.1, 0.15) is 0 Å². The number of likely N-dealkylation sites (tertiary alicyclic amines) is 1. The number of amides is 1. The summed E-state index contributed by atoms with van der Waals surface area (Å²) in [5.74, 6) is 0.817. The third-order valence-corrected chi connectivity index (χ3v) is 5.36. The SMILES string of the molecule is CNCC1CCN(C(=O)c2cc(C)n(-c3cccc(Cl)c3)c2C)CC1. The maximum atomic E-state index is 13.0. The van der Waals surface area contributed by atoms with Crippen molar-refractivity contribution in [3.8, 4) is 5.69 Å². The molecule has 0 aliphatic carbocycles. The van der Waals surface area contributed by atoms with E-state index >= 15 is 0 Å². The van der Waals surface area contributed by atoms with Gasteiger partial charge in [0.25, 0.3) is 5.91 Å². The molecule has 1 N–H and O–H groups in total. The Labute approximate surface area is 154 Å². The van der Waals surface area contributed by atoms with E-state index in [0.717, 1.165) is 55.1 Å². The maximum absolute atomic E-state index is 13.0. The molecule has 3 rings (SSSR count). The van der Waals surface area contributed by atoms with Crippen LogP contribution in [0, 0.1) is 19.8 Å². The summed E-state index contributed by atoms with van der Waals surface area (Å²) in [6, 6.07) is 9.74. The summed E-state index contributed by atoms with van der Waals surface area (Å²) in [4.78, 5) is 15.0. The maximum Gasteiger partial charge on any atom is 0.255 e. The van der Waals surface area contributed by atoms with Crippen molar-refractivity contribution in [2.45, 2.75) is 26.7 Å². The minimum atomic E-state index is 0.143. The second kappa shape index (κ2) is 7.63. The van der Waals surface area contributed by atoms with Crippen LogP contribution in [-0.2, 0) is 0 Å². The summed E-state index contributed by atoms with van der Waals surface area (Å²) in [5.41, 5.74) is 3.81. The van der Waals surface area contributed by atoms with Gasteiger partial charge in [-0.25, -0.2) is 0 Å². The van der Waals surface area contributed by atoms with Crippen LogP contribution in [0.1, 0.15) is 34.6 Å². The van der Waals surface area contributed by atoms with Crippen molar-refractivity contribution in [2.75, 3.05) is 26.7 Å². The molecule has 0 unspecified atom stereocenters. The Kier molecular flexibility index (Phi) is 5.50. The Morgan fingerprint density at radius 1 is 1.24 bits per heavy atom. The van der Waals surface area contributed by atoms with E-state index in [1.54, 1.807) is 0 Å². The van der Waals surface area contributed by atoms with Gasteiger partial charge in [0.05, 0.1) is 5.56 Å². The fraction of sp³-hybridized carbons (Fsp3) is 0.450. The molecule has 0 radical (unpaired) electrons. The molecule has 1 aliphatic heterocycles. The molecule has 5 heteroatoms. The predicted octanol–water partition coefficient (Wildman–Crippen LogP) is 3.82. The third-order valence-electron chi connectivity index (χ3n) is 5.12. The van der Waals surface area contributed by atoms with Gasteiger partial charge >= 0.3 is 0 Å². The van der Waals surface area contributed by atoms with Crippen molar-refractivity contribution in [2.24, 2.45) is 5.92 Å². The summed E-state index contributed by atoms with van der Waals surface area (Å²) < 4.78 is 2.10. The summed E-state index contributed by atoms with van der Waals surface area (Å²) in [6.45, 7) is 6.75. The highest BCUT2D eigenvalue weighted by atomic mass is 35.5. The molecule has 0 saturated carbocycles. The van der Waals surface area contributed by atoms with Gasteiger partial charge < -0.3 is 14.8 Å². The third kappa shape index (κ3) is 3.75. The average Bonchev–Trinajstić information content (AvgIpc) is 2.90.